The number of nitrogens with zero attached hydrogens (tertiary/aromatic N) is 2. The second-order valence-electron chi connectivity index (χ2n) is 5.87. The normalized spacial score (nSPS) is 20.0. The summed E-state index contributed by atoms with van der Waals surface area (Å²) in [5.74, 6) is 0.259. The summed E-state index contributed by atoms with van der Waals surface area (Å²) in [5, 5.41) is 4.31. The smallest absolute Gasteiger partial charge is 0.306 e. The second kappa shape index (κ2) is 6.36. The highest BCUT2D eigenvalue weighted by Gasteiger charge is 2.20. The van der Waals surface area contributed by atoms with Gasteiger partial charge in [-0.2, -0.15) is 0 Å². The van der Waals surface area contributed by atoms with Gasteiger partial charge in [0.05, 0.1) is 0 Å². The van der Waals surface area contributed by atoms with E-state index in [0.29, 0.717) is 12.3 Å². The van der Waals surface area contributed by atoms with E-state index in [1.165, 1.54) is 0 Å². The Morgan fingerprint density at radius 3 is 2.47 bits per heavy atom. The van der Waals surface area contributed by atoms with Crippen LogP contribution in [-0.2, 0) is 9.53 Å². The second-order valence-corrected chi connectivity index (χ2v) is 5.87. The lowest BCUT2D eigenvalue weighted by Crippen LogP contribution is -2.42. The van der Waals surface area contributed by atoms with Gasteiger partial charge < -0.3 is 9.64 Å². The van der Waals surface area contributed by atoms with Crippen molar-refractivity contribution in [3.05, 3.63) is 0 Å². The monoisotopic (exact) mass is 241 g/mol. The summed E-state index contributed by atoms with van der Waals surface area (Å²) in [4.78, 5) is 14.0. The van der Waals surface area contributed by atoms with Gasteiger partial charge in [-0.25, -0.2) is 5.32 Å². The average Bonchev–Trinajstić information content (AvgIpc) is 2.15. The van der Waals surface area contributed by atoms with E-state index in [2.05, 4.69) is 17.1 Å². The number of carbonyl (C=O) groups is 1. The van der Waals surface area contributed by atoms with Crippen molar-refractivity contribution in [3.8, 4) is 0 Å². The van der Waals surface area contributed by atoms with Gasteiger partial charge in [0.1, 0.15) is 5.60 Å². The van der Waals surface area contributed by atoms with Gasteiger partial charge >= 0.3 is 5.97 Å². The average molecular weight is 241 g/mol. The minimum Gasteiger partial charge on any atom is -0.460 e. The lowest BCUT2D eigenvalue weighted by molar-refractivity contribution is -0.155. The van der Waals surface area contributed by atoms with E-state index in [1.807, 2.05) is 20.8 Å². The first kappa shape index (κ1) is 14.5. The highest BCUT2D eigenvalue weighted by molar-refractivity contribution is 5.70. The third-order valence-electron chi connectivity index (χ3n) is 2.65. The number of hydrogen-bond acceptors (Lipinski definition) is 3. The van der Waals surface area contributed by atoms with Crippen LogP contribution in [0.1, 0.15) is 34.1 Å². The summed E-state index contributed by atoms with van der Waals surface area (Å²) >= 11 is 0. The maximum atomic E-state index is 11.7. The molecule has 17 heavy (non-hydrogen) atoms. The van der Waals surface area contributed by atoms with Gasteiger partial charge in [-0.05, 0) is 26.7 Å². The maximum absolute atomic E-state index is 11.7. The highest BCUT2D eigenvalue weighted by Crippen LogP contribution is 2.12. The molecule has 0 N–H and O–H groups in total. The van der Waals surface area contributed by atoms with Crippen molar-refractivity contribution in [2.24, 2.45) is 5.92 Å². The Bertz CT molecular complexity index is 242. The van der Waals surface area contributed by atoms with Crippen molar-refractivity contribution in [2.45, 2.75) is 39.7 Å². The molecule has 0 saturated carbocycles. The standard InChI is InChI=1S/C13H25N2O2/c1-11(9-12(16)17-13(2,3)4)10-15-7-5-14-6-8-15/h11H,5-10H2,1-4H3. The predicted octanol–water partition coefficient (Wildman–Crippen LogP) is 1.27. The largest absolute Gasteiger partial charge is 0.460 e. The Labute approximate surface area is 105 Å². The Morgan fingerprint density at radius 1 is 1.35 bits per heavy atom. The molecular weight excluding hydrogens is 216 g/mol. The molecule has 0 aliphatic carbocycles. The topological polar surface area (TPSA) is 43.6 Å². The number of piperazine rings is 1. The molecule has 0 aromatic heterocycles. The molecule has 1 atom stereocenters. The van der Waals surface area contributed by atoms with E-state index >= 15 is 0 Å². The Kier molecular flexibility index (Phi) is 5.40. The van der Waals surface area contributed by atoms with E-state index in [1.54, 1.807) is 0 Å². The molecule has 1 saturated heterocycles. The van der Waals surface area contributed by atoms with Crippen LogP contribution in [0, 0.1) is 5.92 Å². The fourth-order valence-corrected chi connectivity index (χ4v) is 2.00. The summed E-state index contributed by atoms with van der Waals surface area (Å²) < 4.78 is 5.32. The van der Waals surface area contributed by atoms with Gasteiger partial charge in [0.25, 0.3) is 0 Å². The molecule has 0 spiro atoms. The summed E-state index contributed by atoms with van der Waals surface area (Å²) in [6, 6.07) is 0. The molecule has 4 nitrogen and oxygen atoms in total. The number of ether oxygens (including phenoxy) is 1. The van der Waals surface area contributed by atoms with Crippen molar-refractivity contribution in [1.29, 1.82) is 0 Å². The van der Waals surface area contributed by atoms with Gasteiger partial charge in [-0.3, -0.25) is 4.79 Å². The molecule has 0 aromatic rings. The number of esters is 1. The van der Waals surface area contributed by atoms with E-state index in [9.17, 15) is 4.79 Å². The number of rotatable bonds is 4. The summed E-state index contributed by atoms with van der Waals surface area (Å²) in [6.07, 6.45) is 0.505. The van der Waals surface area contributed by atoms with Crippen molar-refractivity contribution < 1.29 is 9.53 Å². The Hall–Kier alpha value is -0.610. The highest BCUT2D eigenvalue weighted by atomic mass is 16.6. The van der Waals surface area contributed by atoms with E-state index < -0.39 is 0 Å². The van der Waals surface area contributed by atoms with Crippen LogP contribution < -0.4 is 5.32 Å². The van der Waals surface area contributed by atoms with Crippen LogP contribution >= 0.6 is 0 Å². The fourth-order valence-electron chi connectivity index (χ4n) is 2.00. The van der Waals surface area contributed by atoms with Gasteiger partial charge in [0.15, 0.2) is 0 Å². The maximum Gasteiger partial charge on any atom is 0.306 e. The van der Waals surface area contributed by atoms with Crippen molar-refractivity contribution >= 4 is 5.97 Å². The molecule has 1 fully saturated rings. The lowest BCUT2D eigenvalue weighted by Gasteiger charge is -2.29. The van der Waals surface area contributed by atoms with Crippen LogP contribution in [-0.4, -0.2) is 49.2 Å². The van der Waals surface area contributed by atoms with Crippen LogP contribution in [0.4, 0.5) is 0 Å². The van der Waals surface area contributed by atoms with Crippen molar-refractivity contribution in [3.63, 3.8) is 0 Å². The minimum absolute atomic E-state index is 0.0910. The van der Waals surface area contributed by atoms with Gasteiger partial charge in [0.2, 0.25) is 0 Å². The SMILES string of the molecule is CC(CC(=O)OC(C)(C)C)CN1CC[N]CC1. The van der Waals surface area contributed by atoms with Crippen LogP contribution in [0.2, 0.25) is 0 Å². The fraction of sp³-hybridized carbons (Fsp3) is 0.923. The van der Waals surface area contributed by atoms with E-state index in [-0.39, 0.29) is 11.6 Å². The molecule has 0 bridgehead atoms. The van der Waals surface area contributed by atoms with E-state index in [4.69, 9.17) is 4.74 Å². The third kappa shape index (κ3) is 6.64. The van der Waals surface area contributed by atoms with Gasteiger partial charge in [0, 0.05) is 39.1 Å². The molecule has 1 aliphatic rings. The van der Waals surface area contributed by atoms with E-state index in [0.717, 1.165) is 32.7 Å². The van der Waals surface area contributed by atoms with Crippen LogP contribution in [0.15, 0.2) is 0 Å². The molecule has 99 valence electrons. The first-order chi connectivity index (χ1) is 7.87. The molecule has 4 heteroatoms. The Balaban J connectivity index is 2.23. The van der Waals surface area contributed by atoms with Crippen molar-refractivity contribution in [1.82, 2.24) is 10.2 Å². The van der Waals surface area contributed by atoms with Gasteiger partial charge in [-0.1, -0.05) is 6.92 Å². The first-order valence-electron chi connectivity index (χ1n) is 6.44. The molecule has 1 radical (unpaired) electrons. The minimum atomic E-state index is -0.374. The summed E-state index contributed by atoms with van der Waals surface area (Å²) in [6.45, 7) is 12.7. The molecule has 1 aliphatic heterocycles. The Morgan fingerprint density at radius 2 is 1.94 bits per heavy atom. The van der Waals surface area contributed by atoms with Crippen LogP contribution in [0.5, 0.6) is 0 Å². The summed E-state index contributed by atoms with van der Waals surface area (Å²) in [7, 11) is 0. The van der Waals surface area contributed by atoms with Crippen LogP contribution in [0.25, 0.3) is 0 Å². The molecule has 0 amide bonds. The lowest BCUT2D eigenvalue weighted by atomic mass is 10.1. The zero-order valence-corrected chi connectivity index (χ0v) is 11.5. The predicted molar refractivity (Wildman–Crippen MR) is 67.9 cm³/mol. The molecular formula is C13H25N2O2. The molecule has 1 rings (SSSR count). The summed E-state index contributed by atoms with van der Waals surface area (Å²) in [5.41, 5.74) is -0.374. The zero-order valence-electron chi connectivity index (χ0n) is 11.5. The van der Waals surface area contributed by atoms with Crippen molar-refractivity contribution in [2.75, 3.05) is 32.7 Å². The third-order valence-corrected chi connectivity index (χ3v) is 2.65. The zero-order chi connectivity index (χ0) is 12.9. The molecule has 0 aromatic carbocycles. The molecule has 1 heterocycles. The number of hydrogen-bond donors (Lipinski definition) is 0. The first-order valence-corrected chi connectivity index (χ1v) is 6.44. The quantitative estimate of drug-likeness (QED) is 0.696. The van der Waals surface area contributed by atoms with Gasteiger partial charge in [-0.15, -0.1) is 0 Å². The number of carbonyl (C=O) groups excluding carboxylic acids is 1. The van der Waals surface area contributed by atoms with Crippen LogP contribution in [0.3, 0.4) is 0 Å². The molecule has 1 unspecified atom stereocenters.